The topological polar surface area (TPSA) is 130 Å². The third-order valence-electron chi connectivity index (χ3n) is 7.12. The number of aryl methyl sites for hydroxylation is 1. The van der Waals surface area contributed by atoms with Gasteiger partial charge in [0.05, 0.1) is 24.0 Å². The number of carbonyl (C=O) groups is 2. The summed E-state index contributed by atoms with van der Waals surface area (Å²) in [5.74, 6) is -0.197. The lowest BCUT2D eigenvalue weighted by atomic mass is 10.1. The highest BCUT2D eigenvalue weighted by Crippen LogP contribution is 2.35. The molecule has 0 bridgehead atoms. The summed E-state index contributed by atoms with van der Waals surface area (Å²) in [4.78, 5) is 38.0. The van der Waals surface area contributed by atoms with Crippen molar-refractivity contribution in [2.75, 3.05) is 45.2 Å². The Hall–Kier alpha value is -4.42. The number of fused-ring (bicyclic) bond motifs is 1. The van der Waals surface area contributed by atoms with E-state index in [0.29, 0.717) is 61.0 Å². The predicted molar refractivity (Wildman–Crippen MR) is 159 cm³/mol. The fraction of sp³-hybridized carbons (Fsp3) is 0.310. The van der Waals surface area contributed by atoms with Gasteiger partial charge >= 0.3 is 6.03 Å². The number of aromatic nitrogens is 3. The van der Waals surface area contributed by atoms with Gasteiger partial charge in [0.25, 0.3) is 5.91 Å². The number of hydrogen-bond donors (Lipinski definition) is 3. The van der Waals surface area contributed by atoms with Gasteiger partial charge in [0.1, 0.15) is 0 Å². The molecule has 13 heteroatoms. The van der Waals surface area contributed by atoms with E-state index in [1.807, 2.05) is 26.0 Å². The molecule has 1 fully saturated rings. The van der Waals surface area contributed by atoms with Gasteiger partial charge in [0.2, 0.25) is 0 Å². The Labute approximate surface area is 247 Å². The molecule has 5 rings (SSSR count). The number of nitrogens with zero attached hydrogens (tertiary/aromatic N) is 5. The van der Waals surface area contributed by atoms with Crippen LogP contribution < -0.4 is 21.1 Å². The summed E-state index contributed by atoms with van der Waals surface area (Å²) in [5.41, 5.74) is 9.37. The third kappa shape index (κ3) is 5.81. The molecule has 1 aliphatic rings. The fourth-order valence-corrected chi connectivity index (χ4v) is 5.11. The average Bonchev–Trinajstić information content (AvgIpc) is 3.42. The van der Waals surface area contributed by atoms with Crippen LogP contribution in [0.3, 0.4) is 0 Å². The first kappa shape index (κ1) is 29.1. The van der Waals surface area contributed by atoms with E-state index in [4.69, 9.17) is 22.1 Å². The van der Waals surface area contributed by atoms with Crippen molar-refractivity contribution in [1.29, 1.82) is 0 Å². The number of nitrogens with one attached hydrogen (secondary N) is 2. The van der Waals surface area contributed by atoms with Crippen LogP contribution in [-0.2, 0) is 0 Å². The zero-order valence-corrected chi connectivity index (χ0v) is 24.3. The minimum absolute atomic E-state index is 0.0570. The van der Waals surface area contributed by atoms with Gasteiger partial charge < -0.3 is 30.9 Å². The number of carbonyl (C=O) groups excluding carboxylic acids is 2. The molecule has 220 valence electrons. The van der Waals surface area contributed by atoms with Crippen molar-refractivity contribution in [2.24, 2.45) is 5.73 Å². The molecule has 0 saturated carbocycles. The van der Waals surface area contributed by atoms with Gasteiger partial charge in [-0.2, -0.15) is 0 Å². The molecule has 1 atom stereocenters. The van der Waals surface area contributed by atoms with Crippen LogP contribution in [0.15, 0.2) is 48.9 Å². The van der Waals surface area contributed by atoms with Gasteiger partial charge in [-0.05, 0) is 49.7 Å². The number of imidazole rings is 1. The Morgan fingerprint density at radius 2 is 1.88 bits per heavy atom. The van der Waals surface area contributed by atoms with E-state index in [1.165, 1.54) is 13.2 Å². The van der Waals surface area contributed by atoms with Gasteiger partial charge in [-0.1, -0.05) is 11.6 Å². The molecule has 0 aliphatic carbocycles. The molecule has 3 heterocycles. The number of rotatable bonds is 7. The zero-order chi connectivity index (χ0) is 30.0. The number of benzene rings is 2. The lowest BCUT2D eigenvalue weighted by molar-refractivity contribution is 0.0664. The molecule has 1 saturated heterocycles. The Bertz CT molecular complexity index is 1630. The Balaban J connectivity index is 1.29. The number of methoxy groups -OCH3 is 1. The second-order valence-electron chi connectivity index (χ2n) is 10.2. The van der Waals surface area contributed by atoms with Crippen LogP contribution in [0.4, 0.5) is 20.7 Å². The highest BCUT2D eigenvalue weighted by atomic mass is 35.5. The monoisotopic (exact) mass is 594 g/mol. The Morgan fingerprint density at radius 3 is 2.57 bits per heavy atom. The molecule has 1 aliphatic heterocycles. The van der Waals surface area contributed by atoms with E-state index < -0.39 is 5.82 Å². The molecular formula is C29H32ClFN8O3. The van der Waals surface area contributed by atoms with E-state index in [9.17, 15) is 14.0 Å². The zero-order valence-electron chi connectivity index (χ0n) is 23.5. The molecule has 3 amide bonds. The van der Waals surface area contributed by atoms with Crippen molar-refractivity contribution >= 4 is 40.7 Å². The molecule has 11 nitrogen and oxygen atoms in total. The minimum atomic E-state index is -0.645. The number of amides is 3. The lowest BCUT2D eigenvalue weighted by Crippen LogP contribution is -2.54. The Kier molecular flexibility index (Phi) is 8.46. The third-order valence-corrected chi connectivity index (χ3v) is 7.49. The second-order valence-corrected chi connectivity index (χ2v) is 10.5. The average molecular weight is 595 g/mol. The summed E-state index contributed by atoms with van der Waals surface area (Å²) >= 11 is 6.31. The maximum absolute atomic E-state index is 14.6. The van der Waals surface area contributed by atoms with Crippen molar-refractivity contribution in [3.8, 4) is 17.0 Å². The number of ether oxygens (including phenoxy) is 1. The molecule has 0 spiro atoms. The van der Waals surface area contributed by atoms with E-state index in [2.05, 4.69) is 20.6 Å². The van der Waals surface area contributed by atoms with Crippen LogP contribution in [0.2, 0.25) is 5.02 Å². The summed E-state index contributed by atoms with van der Waals surface area (Å²) in [6, 6.07) is 8.36. The first-order chi connectivity index (χ1) is 20.2. The van der Waals surface area contributed by atoms with E-state index in [1.54, 1.807) is 44.9 Å². The van der Waals surface area contributed by atoms with Crippen LogP contribution in [0, 0.1) is 12.7 Å². The summed E-state index contributed by atoms with van der Waals surface area (Å²) in [5, 5.41) is 6.02. The summed E-state index contributed by atoms with van der Waals surface area (Å²) in [6.45, 7) is 5.89. The van der Waals surface area contributed by atoms with Crippen molar-refractivity contribution < 1.29 is 18.7 Å². The maximum Gasteiger partial charge on any atom is 0.317 e. The van der Waals surface area contributed by atoms with Crippen LogP contribution in [0.1, 0.15) is 22.8 Å². The molecule has 4 aromatic rings. The molecular weight excluding hydrogens is 563 g/mol. The van der Waals surface area contributed by atoms with Gasteiger partial charge in [-0.15, -0.1) is 0 Å². The largest absolute Gasteiger partial charge is 0.494 e. The highest BCUT2D eigenvalue weighted by molar-refractivity contribution is 6.33. The van der Waals surface area contributed by atoms with Crippen LogP contribution >= 0.6 is 11.6 Å². The van der Waals surface area contributed by atoms with Gasteiger partial charge in [0.15, 0.2) is 23.0 Å². The van der Waals surface area contributed by atoms with Crippen molar-refractivity contribution in [3.63, 3.8) is 0 Å². The van der Waals surface area contributed by atoms with E-state index in [0.717, 1.165) is 11.3 Å². The van der Waals surface area contributed by atoms with Crippen molar-refractivity contribution in [2.45, 2.75) is 19.9 Å². The van der Waals surface area contributed by atoms with E-state index in [-0.39, 0.29) is 28.8 Å². The molecule has 0 unspecified atom stereocenters. The first-order valence-electron chi connectivity index (χ1n) is 13.5. The predicted octanol–water partition coefficient (Wildman–Crippen LogP) is 4.06. The number of piperazine rings is 1. The highest BCUT2D eigenvalue weighted by Gasteiger charge is 2.26. The minimum Gasteiger partial charge on any atom is -0.494 e. The van der Waals surface area contributed by atoms with Crippen LogP contribution in [0.25, 0.3) is 16.9 Å². The maximum atomic E-state index is 14.6. The fourth-order valence-electron chi connectivity index (χ4n) is 4.86. The van der Waals surface area contributed by atoms with Crippen molar-refractivity contribution in [1.82, 2.24) is 29.5 Å². The Morgan fingerprint density at radius 1 is 1.14 bits per heavy atom. The number of anilines is 2. The first-order valence-corrected chi connectivity index (χ1v) is 13.9. The van der Waals surface area contributed by atoms with E-state index >= 15 is 0 Å². The summed E-state index contributed by atoms with van der Waals surface area (Å²) in [7, 11) is 1.38. The number of nitrogens with two attached hydrogens (primary N) is 1. The lowest BCUT2D eigenvalue weighted by Gasteiger charge is -2.35. The number of halogens is 2. The molecule has 2 aromatic carbocycles. The normalized spacial score (nSPS) is 14.1. The number of hydrogen-bond acceptors (Lipinski definition) is 7. The smallest absolute Gasteiger partial charge is 0.317 e. The number of urea groups is 1. The summed E-state index contributed by atoms with van der Waals surface area (Å²) in [6.07, 6.45) is 4.93. The van der Waals surface area contributed by atoms with Gasteiger partial charge in [-0.25, -0.2) is 19.2 Å². The molecule has 42 heavy (non-hydrogen) atoms. The van der Waals surface area contributed by atoms with Crippen LogP contribution in [-0.4, -0.2) is 82.0 Å². The summed E-state index contributed by atoms with van der Waals surface area (Å²) < 4.78 is 21.4. The SMILES string of the molecule is COc1ccc(-c2cnc3c(Nc4ccc(C(=O)N5CCN(C(=O)NC[C@@H](C)N)CC5)c(C)c4)nccn23)c(Cl)c1F. The molecule has 2 aromatic heterocycles. The van der Waals surface area contributed by atoms with Gasteiger partial charge in [-0.3, -0.25) is 9.20 Å². The van der Waals surface area contributed by atoms with Crippen molar-refractivity contribution in [3.05, 3.63) is 70.9 Å². The van der Waals surface area contributed by atoms with Gasteiger partial charge in [0, 0.05) is 68.0 Å². The standard InChI is InChI=1S/C29H32ClFN8O3/c1-17-14-19(4-5-20(17)28(40)37-10-12-38(13-11-37)29(41)35-15-18(2)32)36-26-27-34-16-22(39(27)9-8-33-26)21-6-7-23(42-3)25(31)24(21)30/h4-9,14,16,18H,10-13,15,32H2,1-3H3,(H,33,36)(H,35,41)/t18-/m1/s1. The molecule has 4 N–H and O–H groups in total. The quantitative estimate of drug-likeness (QED) is 0.294. The van der Waals surface area contributed by atoms with Crippen LogP contribution in [0.5, 0.6) is 5.75 Å². The second kappa shape index (κ2) is 12.2. The molecule has 0 radical (unpaired) electrons.